The van der Waals surface area contributed by atoms with Gasteiger partial charge < -0.3 is 0 Å². The second kappa shape index (κ2) is 5.25. The van der Waals surface area contributed by atoms with Gasteiger partial charge in [0.05, 0.1) is 5.02 Å². The van der Waals surface area contributed by atoms with Crippen molar-refractivity contribution in [1.29, 1.82) is 0 Å². The summed E-state index contributed by atoms with van der Waals surface area (Å²) in [6, 6.07) is 13.9. The zero-order valence-corrected chi connectivity index (χ0v) is 13.1. The molecule has 1 nitrogen and oxygen atoms in total. The van der Waals surface area contributed by atoms with Gasteiger partial charge in [0, 0.05) is 15.1 Å². The fourth-order valence-corrected chi connectivity index (χ4v) is 3.15. The third-order valence-electron chi connectivity index (χ3n) is 3.63. The highest BCUT2D eigenvalue weighted by Crippen LogP contribution is 2.30. The van der Waals surface area contributed by atoms with Crippen molar-refractivity contribution in [3.05, 3.63) is 67.7 Å². The van der Waals surface area contributed by atoms with Gasteiger partial charge in [0.25, 0.3) is 0 Å². The van der Waals surface area contributed by atoms with Crippen LogP contribution in [0.4, 0.5) is 0 Å². The van der Waals surface area contributed by atoms with Crippen LogP contribution in [0.15, 0.2) is 42.5 Å². The summed E-state index contributed by atoms with van der Waals surface area (Å²) in [7, 11) is 0. The Hall–Kier alpha value is -0.870. The lowest BCUT2D eigenvalue weighted by molar-refractivity contribution is 0.0924. The molecule has 3 heteroatoms. The Labute approximate surface area is 131 Å². The molecule has 2 aromatic rings. The van der Waals surface area contributed by atoms with Gasteiger partial charge in [-0.1, -0.05) is 41.9 Å². The molecule has 0 amide bonds. The Morgan fingerprint density at radius 3 is 2.32 bits per heavy atom. The predicted molar refractivity (Wildman–Crippen MR) is 85.8 cm³/mol. The van der Waals surface area contributed by atoms with Crippen LogP contribution in [-0.4, -0.2) is 5.78 Å². The first kappa shape index (κ1) is 13.1. The highest BCUT2D eigenvalue weighted by Gasteiger charge is 2.27. The van der Waals surface area contributed by atoms with E-state index in [-0.39, 0.29) is 11.7 Å². The summed E-state index contributed by atoms with van der Waals surface area (Å²) < 4.78 is 0.977. The molecule has 0 saturated carbocycles. The number of fused-ring (bicyclic) bond motifs is 1. The fourth-order valence-electron chi connectivity index (χ4n) is 2.63. The highest BCUT2D eigenvalue weighted by atomic mass is 127. The van der Waals surface area contributed by atoms with E-state index in [1.165, 1.54) is 11.1 Å². The van der Waals surface area contributed by atoms with E-state index in [0.29, 0.717) is 5.02 Å². The van der Waals surface area contributed by atoms with E-state index in [0.717, 1.165) is 22.0 Å². The third-order valence-corrected chi connectivity index (χ3v) is 5.20. The first-order valence-electron chi connectivity index (χ1n) is 6.21. The number of halogens is 2. The molecule has 0 saturated heterocycles. The topological polar surface area (TPSA) is 17.1 Å². The maximum absolute atomic E-state index is 12.5. The summed E-state index contributed by atoms with van der Waals surface area (Å²) in [5.41, 5.74) is 3.33. The van der Waals surface area contributed by atoms with E-state index in [9.17, 15) is 4.79 Å². The molecule has 0 fully saturated rings. The molecule has 96 valence electrons. The highest BCUT2D eigenvalue weighted by molar-refractivity contribution is 14.1. The maximum atomic E-state index is 12.5. The number of hydrogen-bond donors (Lipinski definition) is 0. The van der Waals surface area contributed by atoms with Crippen LogP contribution in [0.3, 0.4) is 0 Å². The first-order valence-corrected chi connectivity index (χ1v) is 7.67. The minimum absolute atomic E-state index is 0.0635. The Kier molecular flexibility index (Phi) is 3.63. The Morgan fingerprint density at radius 1 is 1.11 bits per heavy atom. The molecule has 1 aliphatic rings. The van der Waals surface area contributed by atoms with E-state index in [4.69, 9.17) is 11.6 Å². The van der Waals surface area contributed by atoms with E-state index in [1.54, 1.807) is 6.07 Å². The number of Topliss-reactive ketones (excluding diaryl/α,β-unsaturated/α-hetero) is 1. The zero-order valence-electron chi connectivity index (χ0n) is 10.2. The van der Waals surface area contributed by atoms with Gasteiger partial charge in [-0.25, -0.2) is 0 Å². The van der Waals surface area contributed by atoms with Crippen molar-refractivity contribution in [2.24, 2.45) is 5.92 Å². The molecule has 0 heterocycles. The van der Waals surface area contributed by atoms with E-state index in [1.807, 2.05) is 24.3 Å². The first-order chi connectivity index (χ1) is 9.15. The van der Waals surface area contributed by atoms with Crippen molar-refractivity contribution in [3.63, 3.8) is 0 Å². The lowest BCUT2D eigenvalue weighted by Gasteiger charge is -2.08. The van der Waals surface area contributed by atoms with Gasteiger partial charge in [-0.05, 0) is 58.7 Å². The second-order valence-corrected chi connectivity index (χ2v) is 6.44. The lowest BCUT2D eigenvalue weighted by atomic mass is 9.95. The normalized spacial score (nSPS) is 14.4. The number of hydrogen-bond acceptors (Lipinski definition) is 1. The van der Waals surface area contributed by atoms with Crippen LogP contribution >= 0.6 is 34.2 Å². The van der Waals surface area contributed by atoms with Crippen LogP contribution < -0.4 is 0 Å². The average molecular weight is 383 g/mol. The average Bonchev–Trinajstić information content (AvgIpc) is 2.85. The van der Waals surface area contributed by atoms with Crippen molar-refractivity contribution in [1.82, 2.24) is 0 Å². The number of benzene rings is 2. The number of ketones is 1. The van der Waals surface area contributed by atoms with Gasteiger partial charge >= 0.3 is 0 Å². The van der Waals surface area contributed by atoms with Crippen molar-refractivity contribution in [2.45, 2.75) is 12.8 Å². The molecule has 19 heavy (non-hydrogen) atoms. The van der Waals surface area contributed by atoms with Gasteiger partial charge in [-0.2, -0.15) is 0 Å². The van der Waals surface area contributed by atoms with Crippen LogP contribution in [0, 0.1) is 9.49 Å². The van der Waals surface area contributed by atoms with E-state index < -0.39 is 0 Å². The van der Waals surface area contributed by atoms with Crippen molar-refractivity contribution in [3.8, 4) is 0 Å². The maximum Gasteiger partial charge on any atom is 0.166 e. The monoisotopic (exact) mass is 382 g/mol. The number of carbonyl (C=O) groups excluding carboxylic acids is 1. The molecule has 3 rings (SSSR count). The molecule has 0 bridgehead atoms. The molecule has 0 radical (unpaired) electrons. The van der Waals surface area contributed by atoms with Crippen molar-refractivity contribution >= 4 is 40.0 Å². The molecule has 0 aromatic heterocycles. The van der Waals surface area contributed by atoms with Crippen LogP contribution in [0.2, 0.25) is 5.02 Å². The van der Waals surface area contributed by atoms with Crippen molar-refractivity contribution in [2.75, 3.05) is 0 Å². The van der Waals surface area contributed by atoms with Gasteiger partial charge in [-0.3, -0.25) is 4.79 Å². The molecule has 1 aliphatic carbocycles. The smallest absolute Gasteiger partial charge is 0.166 e. The standard InChI is InChI=1S/C16H12ClIO/c17-14-9-12(5-6-15(14)18)16(19)13-7-10-3-1-2-4-11(10)8-13/h1-6,9,13H,7-8H2. The van der Waals surface area contributed by atoms with Crippen LogP contribution in [0.5, 0.6) is 0 Å². The molecule has 0 spiro atoms. The Bertz CT molecular complexity index is 626. The predicted octanol–water partition coefficient (Wildman–Crippen LogP) is 4.54. The minimum Gasteiger partial charge on any atom is -0.294 e. The largest absolute Gasteiger partial charge is 0.294 e. The molecule has 0 atom stereocenters. The summed E-state index contributed by atoms with van der Waals surface area (Å²) in [5, 5.41) is 0.655. The molecular weight excluding hydrogens is 371 g/mol. The fraction of sp³-hybridized carbons (Fsp3) is 0.188. The van der Waals surface area contributed by atoms with E-state index >= 15 is 0 Å². The molecule has 0 N–H and O–H groups in total. The molecule has 0 unspecified atom stereocenters. The summed E-state index contributed by atoms with van der Waals surface area (Å²) in [6.45, 7) is 0. The summed E-state index contributed by atoms with van der Waals surface area (Å²) >= 11 is 8.26. The lowest BCUT2D eigenvalue weighted by Crippen LogP contribution is -2.15. The number of rotatable bonds is 2. The quantitative estimate of drug-likeness (QED) is 0.550. The summed E-state index contributed by atoms with van der Waals surface area (Å²) in [5.74, 6) is 0.267. The van der Waals surface area contributed by atoms with Crippen LogP contribution in [-0.2, 0) is 12.8 Å². The SMILES string of the molecule is O=C(c1ccc(I)c(Cl)c1)C1Cc2ccccc2C1. The molecular formula is C16H12ClIO. The minimum atomic E-state index is 0.0635. The molecule has 0 aliphatic heterocycles. The summed E-state index contributed by atoms with van der Waals surface area (Å²) in [4.78, 5) is 12.5. The Balaban J connectivity index is 1.85. The van der Waals surface area contributed by atoms with Crippen LogP contribution in [0.1, 0.15) is 21.5 Å². The van der Waals surface area contributed by atoms with Gasteiger partial charge in [0.1, 0.15) is 0 Å². The molecule has 2 aromatic carbocycles. The third kappa shape index (κ3) is 2.56. The second-order valence-electron chi connectivity index (χ2n) is 4.87. The van der Waals surface area contributed by atoms with Crippen LogP contribution in [0.25, 0.3) is 0 Å². The zero-order chi connectivity index (χ0) is 13.4. The number of carbonyl (C=O) groups is 1. The van der Waals surface area contributed by atoms with Gasteiger partial charge in [0.15, 0.2) is 5.78 Å². The van der Waals surface area contributed by atoms with Crippen molar-refractivity contribution < 1.29 is 4.79 Å². The van der Waals surface area contributed by atoms with E-state index in [2.05, 4.69) is 34.7 Å². The Morgan fingerprint density at radius 2 is 1.74 bits per heavy atom. The van der Waals surface area contributed by atoms with Gasteiger partial charge in [0.2, 0.25) is 0 Å². The van der Waals surface area contributed by atoms with Gasteiger partial charge in [-0.15, -0.1) is 0 Å². The summed E-state index contributed by atoms with van der Waals surface area (Å²) in [6.07, 6.45) is 1.69.